The molecule has 1 fully saturated rings. The van der Waals surface area contributed by atoms with Crippen LogP contribution in [0.1, 0.15) is 57.7 Å². The SMILES string of the molecule is CCOC1(c2noc(CC(C)NC)n2)CCCCC1. The van der Waals surface area contributed by atoms with E-state index in [9.17, 15) is 0 Å². The standard InChI is InChI=1S/C14H25N3O2/c1-4-18-14(8-6-5-7-9-14)13-16-12(19-17-13)10-11(2)15-3/h11,15H,4-10H2,1-3H3. The topological polar surface area (TPSA) is 60.2 Å². The number of ether oxygens (including phenoxy) is 1. The van der Waals surface area contributed by atoms with Crippen LogP contribution in [0, 0.1) is 0 Å². The van der Waals surface area contributed by atoms with E-state index in [0.29, 0.717) is 18.5 Å². The van der Waals surface area contributed by atoms with Crippen molar-refractivity contribution in [2.45, 2.75) is 64.0 Å². The first kappa shape index (κ1) is 14.5. The summed E-state index contributed by atoms with van der Waals surface area (Å²) in [5, 5.41) is 7.36. The molecule has 1 aromatic rings. The summed E-state index contributed by atoms with van der Waals surface area (Å²) in [5.74, 6) is 1.44. The molecule has 1 atom stereocenters. The minimum atomic E-state index is -0.308. The molecule has 5 nitrogen and oxygen atoms in total. The number of rotatable bonds is 6. The van der Waals surface area contributed by atoms with Gasteiger partial charge in [0.2, 0.25) is 11.7 Å². The fourth-order valence-corrected chi connectivity index (χ4v) is 2.72. The van der Waals surface area contributed by atoms with Gasteiger partial charge >= 0.3 is 0 Å². The molecular formula is C14H25N3O2. The Hall–Kier alpha value is -0.940. The second-order valence-electron chi connectivity index (χ2n) is 5.39. The average Bonchev–Trinajstić information content (AvgIpc) is 2.89. The van der Waals surface area contributed by atoms with Gasteiger partial charge in [0.05, 0.1) is 0 Å². The summed E-state index contributed by atoms with van der Waals surface area (Å²) in [6, 6.07) is 0.336. The third kappa shape index (κ3) is 3.34. The summed E-state index contributed by atoms with van der Waals surface area (Å²) in [5.41, 5.74) is -0.308. The van der Waals surface area contributed by atoms with Gasteiger partial charge in [-0.05, 0) is 33.7 Å². The highest BCUT2D eigenvalue weighted by molar-refractivity contribution is 5.04. The quantitative estimate of drug-likeness (QED) is 0.857. The maximum atomic E-state index is 6.00. The molecule has 0 amide bonds. The van der Waals surface area contributed by atoms with Gasteiger partial charge in [-0.2, -0.15) is 4.98 Å². The molecular weight excluding hydrogens is 242 g/mol. The maximum Gasteiger partial charge on any atom is 0.228 e. The van der Waals surface area contributed by atoms with Crippen LogP contribution >= 0.6 is 0 Å². The van der Waals surface area contributed by atoms with Crippen LogP contribution in [0.3, 0.4) is 0 Å². The van der Waals surface area contributed by atoms with Crippen LogP contribution in [0.15, 0.2) is 4.52 Å². The van der Waals surface area contributed by atoms with Crippen LogP contribution in [0.25, 0.3) is 0 Å². The average molecular weight is 267 g/mol. The summed E-state index contributed by atoms with van der Waals surface area (Å²) in [4.78, 5) is 4.57. The first-order chi connectivity index (χ1) is 9.20. The number of hydrogen-bond donors (Lipinski definition) is 1. The third-order valence-corrected chi connectivity index (χ3v) is 3.93. The Bertz CT molecular complexity index is 380. The van der Waals surface area contributed by atoms with Gasteiger partial charge in [0.25, 0.3) is 0 Å². The smallest absolute Gasteiger partial charge is 0.228 e. The van der Waals surface area contributed by atoms with Gasteiger partial charge in [-0.25, -0.2) is 0 Å². The zero-order chi connectivity index (χ0) is 13.7. The Balaban J connectivity index is 2.13. The molecule has 1 unspecified atom stereocenters. The highest BCUT2D eigenvalue weighted by Crippen LogP contribution is 2.39. The van der Waals surface area contributed by atoms with Gasteiger partial charge < -0.3 is 14.6 Å². The first-order valence-corrected chi connectivity index (χ1v) is 7.34. The van der Waals surface area contributed by atoms with Crippen LogP contribution < -0.4 is 5.32 Å². The van der Waals surface area contributed by atoms with Crippen LogP contribution in [0.2, 0.25) is 0 Å². The van der Waals surface area contributed by atoms with Crippen molar-refractivity contribution in [1.29, 1.82) is 0 Å². The van der Waals surface area contributed by atoms with E-state index < -0.39 is 0 Å². The first-order valence-electron chi connectivity index (χ1n) is 7.34. The number of hydrogen-bond acceptors (Lipinski definition) is 5. The van der Waals surface area contributed by atoms with Crippen molar-refractivity contribution in [1.82, 2.24) is 15.5 Å². The highest BCUT2D eigenvalue weighted by Gasteiger charge is 2.39. The van der Waals surface area contributed by atoms with Gasteiger partial charge in [-0.3, -0.25) is 0 Å². The Morgan fingerprint density at radius 1 is 1.37 bits per heavy atom. The number of likely N-dealkylation sites (N-methyl/N-ethyl adjacent to an activating group) is 1. The van der Waals surface area contributed by atoms with E-state index in [1.54, 1.807) is 0 Å². The van der Waals surface area contributed by atoms with Crippen LogP contribution in [-0.4, -0.2) is 29.8 Å². The zero-order valence-corrected chi connectivity index (χ0v) is 12.2. The van der Waals surface area contributed by atoms with Gasteiger partial charge in [0, 0.05) is 19.1 Å². The van der Waals surface area contributed by atoms with Crippen molar-refractivity contribution in [3.8, 4) is 0 Å². The number of nitrogens with one attached hydrogen (secondary N) is 1. The maximum absolute atomic E-state index is 6.00. The highest BCUT2D eigenvalue weighted by atomic mass is 16.5. The molecule has 0 bridgehead atoms. The van der Waals surface area contributed by atoms with E-state index in [-0.39, 0.29) is 5.60 Å². The zero-order valence-electron chi connectivity index (χ0n) is 12.2. The Morgan fingerprint density at radius 3 is 2.74 bits per heavy atom. The summed E-state index contributed by atoms with van der Waals surface area (Å²) >= 11 is 0. The summed E-state index contributed by atoms with van der Waals surface area (Å²) in [6.07, 6.45) is 6.39. The number of aromatic nitrogens is 2. The molecule has 0 spiro atoms. The molecule has 108 valence electrons. The fourth-order valence-electron chi connectivity index (χ4n) is 2.72. The third-order valence-electron chi connectivity index (χ3n) is 3.93. The van der Waals surface area contributed by atoms with Crippen LogP contribution in [0.4, 0.5) is 0 Å². The van der Waals surface area contributed by atoms with Crippen LogP contribution in [0.5, 0.6) is 0 Å². The van der Waals surface area contributed by atoms with E-state index >= 15 is 0 Å². The normalized spacial score (nSPS) is 20.4. The minimum Gasteiger partial charge on any atom is -0.367 e. The second-order valence-corrected chi connectivity index (χ2v) is 5.39. The van der Waals surface area contributed by atoms with Crippen molar-refractivity contribution in [2.24, 2.45) is 0 Å². The fraction of sp³-hybridized carbons (Fsp3) is 0.857. The molecule has 1 aliphatic carbocycles. The summed E-state index contributed by atoms with van der Waals surface area (Å²) in [6.45, 7) is 4.82. The van der Waals surface area contributed by atoms with E-state index in [4.69, 9.17) is 9.26 Å². The lowest BCUT2D eigenvalue weighted by Gasteiger charge is -2.33. The van der Waals surface area contributed by atoms with Gasteiger partial charge in [0.15, 0.2) is 0 Å². The van der Waals surface area contributed by atoms with Crippen molar-refractivity contribution < 1.29 is 9.26 Å². The molecule has 0 radical (unpaired) electrons. The second kappa shape index (κ2) is 6.48. The molecule has 1 N–H and O–H groups in total. The summed E-state index contributed by atoms with van der Waals surface area (Å²) < 4.78 is 11.4. The monoisotopic (exact) mass is 267 g/mol. The van der Waals surface area contributed by atoms with Crippen molar-refractivity contribution >= 4 is 0 Å². The Morgan fingerprint density at radius 2 is 2.11 bits per heavy atom. The van der Waals surface area contributed by atoms with E-state index in [2.05, 4.69) is 22.4 Å². The molecule has 2 rings (SSSR count). The van der Waals surface area contributed by atoms with E-state index in [1.807, 2.05) is 14.0 Å². The molecule has 5 heteroatoms. The lowest BCUT2D eigenvalue weighted by atomic mass is 9.84. The molecule has 1 aromatic heterocycles. The lowest BCUT2D eigenvalue weighted by Crippen LogP contribution is -2.33. The molecule has 0 saturated heterocycles. The van der Waals surface area contributed by atoms with Gasteiger partial charge in [-0.1, -0.05) is 24.4 Å². The van der Waals surface area contributed by atoms with Crippen LogP contribution in [-0.2, 0) is 16.8 Å². The molecule has 0 aliphatic heterocycles. The van der Waals surface area contributed by atoms with Gasteiger partial charge in [0.1, 0.15) is 5.60 Å². The predicted molar refractivity (Wildman–Crippen MR) is 72.9 cm³/mol. The molecule has 19 heavy (non-hydrogen) atoms. The van der Waals surface area contributed by atoms with Gasteiger partial charge in [-0.15, -0.1) is 0 Å². The molecule has 1 aliphatic rings. The van der Waals surface area contributed by atoms with E-state index in [0.717, 1.165) is 25.1 Å². The van der Waals surface area contributed by atoms with Crippen molar-refractivity contribution in [3.05, 3.63) is 11.7 Å². The van der Waals surface area contributed by atoms with Crippen molar-refractivity contribution in [2.75, 3.05) is 13.7 Å². The Kier molecular flexibility index (Phi) is 4.93. The number of nitrogens with zero attached hydrogens (tertiary/aromatic N) is 2. The minimum absolute atomic E-state index is 0.308. The molecule has 1 saturated carbocycles. The molecule has 1 heterocycles. The van der Waals surface area contributed by atoms with Crippen molar-refractivity contribution in [3.63, 3.8) is 0 Å². The predicted octanol–water partition coefficient (Wildman–Crippen LogP) is 2.42. The molecule has 0 aromatic carbocycles. The summed E-state index contributed by atoms with van der Waals surface area (Å²) in [7, 11) is 1.94. The Labute approximate surface area is 115 Å². The van der Waals surface area contributed by atoms with E-state index in [1.165, 1.54) is 19.3 Å². The largest absolute Gasteiger partial charge is 0.367 e. The lowest BCUT2D eigenvalue weighted by molar-refractivity contribution is -0.0777.